The number of carbonyl (C=O) groups is 1. The number of aromatic nitrogens is 2. The van der Waals surface area contributed by atoms with Crippen molar-refractivity contribution < 1.29 is 13.9 Å². The SMILES string of the molecule is COC(=O)c1ccc2c(c1)c(-c1cccc(F)c1)nn2C(c1ccccc1)(c1ccccc1)C1C=CC=CC1. The molecule has 0 N–H and O–H groups in total. The van der Waals surface area contributed by atoms with E-state index in [2.05, 4.69) is 53.3 Å². The van der Waals surface area contributed by atoms with Crippen molar-refractivity contribution in [3.05, 3.63) is 150 Å². The lowest BCUT2D eigenvalue weighted by Crippen LogP contribution is -2.44. The molecule has 4 aromatic carbocycles. The zero-order valence-electron chi connectivity index (χ0n) is 21.5. The molecule has 0 bridgehead atoms. The standard InChI is InChI=1S/C34H27FN2O2/c1-39-33(38)25-20-21-31-30(23-25)32(24-12-11-19-29(35)22-24)36-37(31)34(26-13-5-2-6-14-26,27-15-7-3-8-16-27)28-17-9-4-10-18-28/h2-17,19-23,28H,18H2,1H3. The molecule has 0 spiro atoms. The summed E-state index contributed by atoms with van der Waals surface area (Å²) in [5.74, 6) is -0.763. The number of hydrogen-bond acceptors (Lipinski definition) is 3. The minimum atomic E-state index is -0.736. The summed E-state index contributed by atoms with van der Waals surface area (Å²) >= 11 is 0. The van der Waals surface area contributed by atoms with Crippen LogP contribution in [-0.2, 0) is 10.3 Å². The third-order valence-corrected chi connectivity index (χ3v) is 7.48. The fraction of sp³-hybridized carbons (Fsp3) is 0.118. The van der Waals surface area contributed by atoms with Gasteiger partial charge in [0.2, 0.25) is 0 Å². The number of ether oxygens (including phenoxy) is 1. The number of methoxy groups -OCH3 is 1. The second kappa shape index (κ2) is 10.2. The van der Waals surface area contributed by atoms with E-state index in [-0.39, 0.29) is 11.7 Å². The van der Waals surface area contributed by atoms with Gasteiger partial charge in [0.05, 0.1) is 18.2 Å². The number of carbonyl (C=O) groups excluding carboxylic acids is 1. The molecule has 1 aliphatic rings. The lowest BCUT2D eigenvalue weighted by atomic mass is 9.70. The van der Waals surface area contributed by atoms with Gasteiger partial charge in [-0.15, -0.1) is 0 Å². The summed E-state index contributed by atoms with van der Waals surface area (Å²) < 4.78 is 21.5. The predicted molar refractivity (Wildman–Crippen MR) is 152 cm³/mol. The molecular formula is C34H27FN2O2. The van der Waals surface area contributed by atoms with Gasteiger partial charge in [-0.3, -0.25) is 0 Å². The molecule has 1 aliphatic carbocycles. The maximum Gasteiger partial charge on any atom is 0.337 e. The summed E-state index contributed by atoms with van der Waals surface area (Å²) in [5.41, 5.74) is 3.89. The van der Waals surface area contributed by atoms with Gasteiger partial charge in [-0.2, -0.15) is 5.10 Å². The lowest BCUT2D eigenvalue weighted by Gasteiger charge is -2.42. The van der Waals surface area contributed by atoms with Crippen molar-refractivity contribution >= 4 is 16.9 Å². The fourth-order valence-corrected chi connectivity index (χ4v) is 5.75. The largest absolute Gasteiger partial charge is 0.465 e. The van der Waals surface area contributed by atoms with E-state index in [9.17, 15) is 9.18 Å². The van der Waals surface area contributed by atoms with Gasteiger partial charge >= 0.3 is 5.97 Å². The van der Waals surface area contributed by atoms with Crippen molar-refractivity contribution in [3.8, 4) is 11.3 Å². The summed E-state index contributed by atoms with van der Waals surface area (Å²) in [4.78, 5) is 12.5. The first-order valence-electron chi connectivity index (χ1n) is 12.9. The van der Waals surface area contributed by atoms with E-state index in [4.69, 9.17) is 9.84 Å². The highest BCUT2D eigenvalue weighted by Gasteiger charge is 2.45. The maximum absolute atomic E-state index is 14.5. The van der Waals surface area contributed by atoms with Gasteiger partial charge < -0.3 is 4.74 Å². The molecule has 1 heterocycles. The highest BCUT2D eigenvalue weighted by atomic mass is 19.1. The van der Waals surface area contributed by atoms with Gasteiger partial charge in [0, 0.05) is 16.9 Å². The maximum atomic E-state index is 14.5. The topological polar surface area (TPSA) is 44.1 Å². The average Bonchev–Trinajstić information content (AvgIpc) is 3.38. The van der Waals surface area contributed by atoms with E-state index in [0.717, 1.165) is 28.5 Å². The zero-order chi connectivity index (χ0) is 26.8. The molecule has 5 aromatic rings. The Labute approximate surface area is 226 Å². The van der Waals surface area contributed by atoms with E-state index in [1.807, 2.05) is 48.5 Å². The van der Waals surface area contributed by atoms with Gasteiger partial charge in [0.15, 0.2) is 0 Å². The molecule has 1 atom stereocenters. The molecule has 0 saturated carbocycles. The number of hydrogen-bond donors (Lipinski definition) is 0. The Bertz CT molecular complexity index is 1660. The van der Waals surface area contributed by atoms with Crippen LogP contribution in [0.25, 0.3) is 22.2 Å². The Kier molecular flexibility index (Phi) is 6.41. The Morgan fingerprint density at radius 3 is 2.23 bits per heavy atom. The fourth-order valence-electron chi connectivity index (χ4n) is 5.75. The third-order valence-electron chi connectivity index (χ3n) is 7.48. The molecule has 0 aliphatic heterocycles. The van der Waals surface area contributed by atoms with Crippen LogP contribution >= 0.6 is 0 Å². The highest BCUT2D eigenvalue weighted by molar-refractivity contribution is 6.00. The molecule has 5 heteroatoms. The number of benzene rings is 4. The summed E-state index contributed by atoms with van der Waals surface area (Å²) in [7, 11) is 1.36. The van der Waals surface area contributed by atoms with Gasteiger partial charge in [-0.05, 0) is 47.9 Å². The Balaban J connectivity index is 1.75. The van der Waals surface area contributed by atoms with E-state index >= 15 is 0 Å². The van der Waals surface area contributed by atoms with E-state index in [1.54, 1.807) is 18.2 Å². The van der Waals surface area contributed by atoms with Crippen LogP contribution in [0.5, 0.6) is 0 Å². The minimum absolute atomic E-state index is 0.0241. The monoisotopic (exact) mass is 514 g/mol. The van der Waals surface area contributed by atoms with Crippen molar-refractivity contribution in [2.45, 2.75) is 12.0 Å². The first-order valence-corrected chi connectivity index (χ1v) is 12.9. The normalized spacial score (nSPS) is 15.0. The molecule has 0 fully saturated rings. The van der Waals surface area contributed by atoms with Crippen molar-refractivity contribution in [2.75, 3.05) is 7.11 Å². The molecule has 0 saturated heterocycles. The van der Waals surface area contributed by atoms with Crippen LogP contribution in [0.1, 0.15) is 27.9 Å². The highest BCUT2D eigenvalue weighted by Crippen LogP contribution is 2.46. The van der Waals surface area contributed by atoms with Crippen molar-refractivity contribution in [3.63, 3.8) is 0 Å². The first-order chi connectivity index (χ1) is 19.1. The molecular weight excluding hydrogens is 487 g/mol. The number of halogens is 1. The van der Waals surface area contributed by atoms with Crippen LogP contribution in [0, 0.1) is 11.7 Å². The van der Waals surface area contributed by atoms with Crippen LogP contribution in [-0.4, -0.2) is 22.9 Å². The molecule has 192 valence electrons. The second-order valence-corrected chi connectivity index (χ2v) is 9.65. The predicted octanol–water partition coefficient (Wildman–Crippen LogP) is 7.55. The molecule has 6 rings (SSSR count). The summed E-state index contributed by atoms with van der Waals surface area (Å²) in [6.07, 6.45) is 9.37. The van der Waals surface area contributed by atoms with Crippen molar-refractivity contribution in [1.29, 1.82) is 0 Å². The van der Waals surface area contributed by atoms with Crippen LogP contribution in [0.4, 0.5) is 4.39 Å². The third kappa shape index (κ3) is 4.16. The minimum Gasteiger partial charge on any atom is -0.465 e. The molecule has 4 nitrogen and oxygen atoms in total. The number of nitrogens with zero attached hydrogens (tertiary/aromatic N) is 2. The number of esters is 1. The lowest BCUT2D eigenvalue weighted by molar-refractivity contribution is 0.0601. The van der Waals surface area contributed by atoms with Crippen LogP contribution < -0.4 is 0 Å². The average molecular weight is 515 g/mol. The summed E-state index contributed by atoms with van der Waals surface area (Å²) in [6.45, 7) is 0. The number of allylic oxidation sites excluding steroid dienone is 4. The summed E-state index contributed by atoms with van der Waals surface area (Å²) in [5, 5.41) is 6.01. The molecule has 39 heavy (non-hydrogen) atoms. The van der Waals surface area contributed by atoms with E-state index < -0.39 is 11.5 Å². The molecule has 0 radical (unpaired) electrons. The number of rotatable bonds is 6. The van der Waals surface area contributed by atoms with Crippen molar-refractivity contribution in [2.24, 2.45) is 5.92 Å². The van der Waals surface area contributed by atoms with Crippen molar-refractivity contribution in [1.82, 2.24) is 9.78 Å². The quantitative estimate of drug-likeness (QED) is 0.220. The Morgan fingerprint density at radius 1 is 0.897 bits per heavy atom. The first kappa shape index (κ1) is 24.6. The molecule has 0 amide bonds. The van der Waals surface area contributed by atoms with Crippen LogP contribution in [0.3, 0.4) is 0 Å². The summed E-state index contributed by atoms with van der Waals surface area (Å²) in [6, 6.07) is 32.6. The van der Waals surface area contributed by atoms with E-state index in [0.29, 0.717) is 16.8 Å². The number of fused-ring (bicyclic) bond motifs is 1. The van der Waals surface area contributed by atoms with Gasteiger partial charge in [0.25, 0.3) is 0 Å². The Morgan fingerprint density at radius 2 is 1.62 bits per heavy atom. The van der Waals surface area contributed by atoms with Gasteiger partial charge in [-0.1, -0.05) is 97.1 Å². The van der Waals surface area contributed by atoms with Gasteiger partial charge in [0.1, 0.15) is 17.1 Å². The van der Waals surface area contributed by atoms with Crippen LogP contribution in [0.15, 0.2) is 127 Å². The second-order valence-electron chi connectivity index (χ2n) is 9.65. The Hall–Kier alpha value is -4.77. The zero-order valence-corrected chi connectivity index (χ0v) is 21.5. The molecule has 1 unspecified atom stereocenters. The van der Waals surface area contributed by atoms with Gasteiger partial charge in [-0.25, -0.2) is 13.9 Å². The van der Waals surface area contributed by atoms with E-state index in [1.165, 1.54) is 19.2 Å². The smallest absolute Gasteiger partial charge is 0.337 e. The van der Waals surface area contributed by atoms with Crippen LogP contribution in [0.2, 0.25) is 0 Å². The molecule has 1 aromatic heterocycles.